The van der Waals surface area contributed by atoms with Crippen LogP contribution in [0.4, 0.5) is 0 Å². The van der Waals surface area contributed by atoms with E-state index in [2.05, 4.69) is 5.32 Å². The van der Waals surface area contributed by atoms with E-state index in [4.69, 9.17) is 16.2 Å². The van der Waals surface area contributed by atoms with Crippen molar-refractivity contribution in [3.63, 3.8) is 0 Å². The van der Waals surface area contributed by atoms with Crippen LogP contribution in [0.3, 0.4) is 0 Å². The third kappa shape index (κ3) is 4.88. The lowest BCUT2D eigenvalue weighted by molar-refractivity contribution is -0.143. The fourth-order valence-corrected chi connectivity index (χ4v) is 1.87. The van der Waals surface area contributed by atoms with E-state index in [9.17, 15) is 4.79 Å². The lowest BCUT2D eigenvalue weighted by Crippen LogP contribution is -2.36. The zero-order valence-electron chi connectivity index (χ0n) is 8.53. The molecular formula is C9H18ClN3O2. The van der Waals surface area contributed by atoms with Gasteiger partial charge in [-0.2, -0.15) is 0 Å². The summed E-state index contributed by atoms with van der Waals surface area (Å²) in [5.74, 6) is -0.383. The number of carboxylic acids is 1. The minimum absolute atomic E-state index is 0. The molecule has 0 spiro atoms. The van der Waals surface area contributed by atoms with E-state index in [0.717, 1.165) is 25.7 Å². The highest BCUT2D eigenvalue weighted by Crippen LogP contribution is 2.28. The van der Waals surface area contributed by atoms with Crippen LogP contribution in [0, 0.1) is 17.2 Å². The summed E-state index contributed by atoms with van der Waals surface area (Å²) in [6.45, 7) is 0.696. The maximum Gasteiger partial charge on any atom is 0.306 e. The molecular weight excluding hydrogens is 218 g/mol. The Hall–Kier alpha value is -0.970. The number of carbonyl (C=O) groups is 1. The molecule has 0 aliphatic heterocycles. The normalized spacial score (nSPS) is 25.1. The average molecular weight is 236 g/mol. The first-order valence-electron chi connectivity index (χ1n) is 4.90. The molecule has 1 rings (SSSR count). The van der Waals surface area contributed by atoms with E-state index in [0.29, 0.717) is 12.5 Å². The Morgan fingerprint density at radius 3 is 2.33 bits per heavy atom. The van der Waals surface area contributed by atoms with Gasteiger partial charge in [-0.05, 0) is 31.6 Å². The molecule has 0 aromatic heterocycles. The number of halogens is 1. The van der Waals surface area contributed by atoms with Crippen molar-refractivity contribution >= 4 is 24.3 Å². The molecule has 1 aliphatic carbocycles. The molecule has 0 aromatic carbocycles. The Labute approximate surface area is 95.3 Å². The zero-order valence-corrected chi connectivity index (χ0v) is 9.35. The lowest BCUT2D eigenvalue weighted by Gasteiger charge is -2.26. The molecule has 1 saturated carbocycles. The smallest absolute Gasteiger partial charge is 0.306 e. The standard InChI is InChI=1S/C9H17N3O2.ClH/c10-9(11)12-5-6-1-3-7(4-2-6)8(13)14;/h6-7H,1-5H2,(H,13,14)(H4,10,11,12);1H/t6-,7-;. The van der Waals surface area contributed by atoms with Crippen LogP contribution in [-0.2, 0) is 4.79 Å². The summed E-state index contributed by atoms with van der Waals surface area (Å²) in [5.41, 5.74) is 5.16. The van der Waals surface area contributed by atoms with Gasteiger partial charge in [-0.25, -0.2) is 0 Å². The summed E-state index contributed by atoms with van der Waals surface area (Å²) < 4.78 is 0. The van der Waals surface area contributed by atoms with Gasteiger partial charge in [0, 0.05) is 6.54 Å². The Morgan fingerprint density at radius 2 is 1.93 bits per heavy atom. The molecule has 0 unspecified atom stereocenters. The minimum Gasteiger partial charge on any atom is -0.481 e. The minimum atomic E-state index is -0.678. The van der Waals surface area contributed by atoms with Crippen molar-refractivity contribution in [2.24, 2.45) is 17.6 Å². The molecule has 0 radical (unpaired) electrons. The monoisotopic (exact) mass is 235 g/mol. The van der Waals surface area contributed by atoms with E-state index >= 15 is 0 Å². The van der Waals surface area contributed by atoms with Gasteiger partial charge in [0.25, 0.3) is 0 Å². The molecule has 1 fully saturated rings. The van der Waals surface area contributed by atoms with Crippen molar-refractivity contribution in [1.29, 1.82) is 5.41 Å². The number of rotatable bonds is 3. The Bertz CT molecular complexity index is 227. The molecule has 0 aromatic rings. The second-order valence-corrected chi connectivity index (χ2v) is 3.85. The van der Waals surface area contributed by atoms with Crippen LogP contribution >= 0.6 is 12.4 Å². The average Bonchev–Trinajstić information content (AvgIpc) is 2.15. The van der Waals surface area contributed by atoms with Crippen LogP contribution in [0.1, 0.15) is 25.7 Å². The van der Waals surface area contributed by atoms with Crippen LogP contribution in [0.15, 0.2) is 0 Å². The van der Waals surface area contributed by atoms with Crippen molar-refractivity contribution in [2.45, 2.75) is 25.7 Å². The van der Waals surface area contributed by atoms with Crippen molar-refractivity contribution in [2.75, 3.05) is 6.54 Å². The SMILES string of the molecule is Cl.N=C(N)NC[C@H]1CC[C@H](C(=O)O)CC1. The molecule has 0 atom stereocenters. The van der Waals surface area contributed by atoms with Gasteiger partial charge in [-0.3, -0.25) is 10.2 Å². The van der Waals surface area contributed by atoms with Gasteiger partial charge in [-0.15, -0.1) is 12.4 Å². The molecule has 0 bridgehead atoms. The first-order chi connectivity index (χ1) is 6.59. The number of hydrogen-bond acceptors (Lipinski definition) is 2. The third-order valence-electron chi connectivity index (χ3n) is 2.78. The Kier molecular flexibility index (Phi) is 6.08. The quantitative estimate of drug-likeness (QED) is 0.429. The molecule has 88 valence electrons. The summed E-state index contributed by atoms with van der Waals surface area (Å²) in [6.07, 6.45) is 3.33. The van der Waals surface area contributed by atoms with Gasteiger partial charge in [0.1, 0.15) is 0 Å². The number of nitrogens with one attached hydrogen (secondary N) is 2. The topological polar surface area (TPSA) is 99.2 Å². The summed E-state index contributed by atoms with van der Waals surface area (Å²) in [7, 11) is 0. The molecule has 1 aliphatic rings. The summed E-state index contributed by atoms with van der Waals surface area (Å²) in [4.78, 5) is 10.7. The molecule has 15 heavy (non-hydrogen) atoms. The Balaban J connectivity index is 0.00000196. The van der Waals surface area contributed by atoms with Crippen LogP contribution < -0.4 is 11.1 Å². The van der Waals surface area contributed by atoms with Gasteiger partial charge < -0.3 is 16.2 Å². The van der Waals surface area contributed by atoms with Crippen molar-refractivity contribution < 1.29 is 9.90 Å². The van der Waals surface area contributed by atoms with Crippen LogP contribution in [0.5, 0.6) is 0 Å². The molecule has 0 heterocycles. The van der Waals surface area contributed by atoms with Gasteiger partial charge in [0.15, 0.2) is 5.96 Å². The second kappa shape index (κ2) is 6.50. The summed E-state index contributed by atoms with van der Waals surface area (Å²) in [6, 6.07) is 0. The lowest BCUT2D eigenvalue weighted by atomic mass is 9.82. The van der Waals surface area contributed by atoms with Gasteiger partial charge in [-0.1, -0.05) is 0 Å². The van der Waals surface area contributed by atoms with E-state index in [1.165, 1.54) is 0 Å². The maximum absolute atomic E-state index is 10.7. The first-order valence-corrected chi connectivity index (χ1v) is 4.90. The number of hydrogen-bond donors (Lipinski definition) is 4. The van der Waals surface area contributed by atoms with Gasteiger partial charge >= 0.3 is 5.97 Å². The number of carboxylic acid groups (broad SMARTS) is 1. The van der Waals surface area contributed by atoms with E-state index in [-0.39, 0.29) is 24.3 Å². The van der Waals surface area contributed by atoms with Gasteiger partial charge in [0.05, 0.1) is 5.92 Å². The largest absolute Gasteiger partial charge is 0.481 e. The molecule has 5 nitrogen and oxygen atoms in total. The van der Waals surface area contributed by atoms with E-state index in [1.807, 2.05) is 0 Å². The second-order valence-electron chi connectivity index (χ2n) is 3.85. The van der Waals surface area contributed by atoms with Crippen LogP contribution in [-0.4, -0.2) is 23.6 Å². The van der Waals surface area contributed by atoms with Crippen LogP contribution in [0.25, 0.3) is 0 Å². The molecule has 5 N–H and O–H groups in total. The number of guanidine groups is 1. The van der Waals surface area contributed by atoms with Crippen molar-refractivity contribution in [1.82, 2.24) is 5.32 Å². The predicted octanol–water partition coefficient (Wildman–Crippen LogP) is 0.782. The highest BCUT2D eigenvalue weighted by atomic mass is 35.5. The summed E-state index contributed by atoms with van der Waals surface area (Å²) >= 11 is 0. The molecule has 0 amide bonds. The zero-order chi connectivity index (χ0) is 10.6. The van der Waals surface area contributed by atoms with Crippen LogP contribution in [0.2, 0.25) is 0 Å². The third-order valence-corrected chi connectivity index (χ3v) is 2.78. The molecule has 6 heteroatoms. The fraction of sp³-hybridized carbons (Fsp3) is 0.778. The molecule has 0 saturated heterocycles. The Morgan fingerprint density at radius 1 is 1.40 bits per heavy atom. The van der Waals surface area contributed by atoms with Crippen molar-refractivity contribution in [3.05, 3.63) is 0 Å². The highest BCUT2D eigenvalue weighted by Gasteiger charge is 2.25. The predicted molar refractivity (Wildman–Crippen MR) is 60.2 cm³/mol. The first kappa shape index (κ1) is 14.0. The van der Waals surface area contributed by atoms with Gasteiger partial charge in [0.2, 0.25) is 0 Å². The fourth-order valence-electron chi connectivity index (χ4n) is 1.87. The number of aliphatic carboxylic acids is 1. The van der Waals surface area contributed by atoms with E-state index in [1.54, 1.807) is 0 Å². The highest BCUT2D eigenvalue weighted by molar-refractivity contribution is 5.85. The maximum atomic E-state index is 10.7. The number of nitrogens with two attached hydrogens (primary N) is 1. The van der Waals surface area contributed by atoms with Crippen molar-refractivity contribution in [3.8, 4) is 0 Å². The van der Waals surface area contributed by atoms with E-state index < -0.39 is 5.97 Å². The summed E-state index contributed by atoms with van der Waals surface area (Å²) in [5, 5.41) is 18.5.